The molecule has 1 fully saturated rings. The van der Waals surface area contributed by atoms with E-state index in [1.54, 1.807) is 0 Å². The van der Waals surface area contributed by atoms with Gasteiger partial charge in [-0.25, -0.2) is 19.7 Å². The lowest BCUT2D eigenvalue weighted by atomic mass is 10.0. The quantitative estimate of drug-likeness (QED) is 0.765. The number of rotatable bonds is 5. The first kappa shape index (κ1) is 21.8. The average Bonchev–Trinajstić information content (AvgIpc) is 2.98. The molecule has 0 radical (unpaired) electrons. The van der Waals surface area contributed by atoms with Crippen molar-refractivity contribution in [2.45, 2.75) is 26.1 Å². The van der Waals surface area contributed by atoms with E-state index < -0.39 is 23.7 Å². The summed E-state index contributed by atoms with van der Waals surface area (Å²) in [5.74, 6) is -0.761. The number of amides is 3. The molecule has 0 unspecified atom stereocenters. The van der Waals surface area contributed by atoms with Gasteiger partial charge in [-0.3, -0.25) is 9.69 Å². The van der Waals surface area contributed by atoms with Crippen LogP contribution < -0.4 is 10.2 Å². The zero-order chi connectivity index (χ0) is 22.1. The monoisotopic (exact) mass is 442 g/mol. The summed E-state index contributed by atoms with van der Waals surface area (Å²) in [6, 6.07) is 0.732. The van der Waals surface area contributed by atoms with Crippen LogP contribution in [0.1, 0.15) is 19.4 Å². The van der Waals surface area contributed by atoms with Gasteiger partial charge in [0, 0.05) is 6.20 Å². The summed E-state index contributed by atoms with van der Waals surface area (Å²) in [7, 11) is 0. The van der Waals surface area contributed by atoms with Crippen LogP contribution in [0.5, 0.6) is 0 Å². The van der Waals surface area contributed by atoms with Gasteiger partial charge in [0.2, 0.25) is 11.9 Å². The third-order valence-corrected chi connectivity index (χ3v) is 4.73. The van der Waals surface area contributed by atoms with Crippen molar-refractivity contribution in [2.24, 2.45) is 5.92 Å². The molecule has 0 aromatic carbocycles. The van der Waals surface area contributed by atoms with E-state index in [2.05, 4.69) is 20.3 Å². The Labute approximate surface area is 175 Å². The lowest BCUT2D eigenvalue weighted by Crippen LogP contribution is -2.43. The molecule has 1 aliphatic heterocycles. The van der Waals surface area contributed by atoms with Crippen molar-refractivity contribution in [3.8, 4) is 0 Å². The van der Waals surface area contributed by atoms with Gasteiger partial charge in [0.15, 0.2) is 0 Å². The molecule has 1 saturated heterocycles. The maximum Gasteiger partial charge on any atom is 0.416 e. The van der Waals surface area contributed by atoms with Gasteiger partial charge < -0.3 is 10.2 Å². The van der Waals surface area contributed by atoms with E-state index in [0.717, 1.165) is 18.3 Å². The minimum absolute atomic E-state index is 0.00531. The Morgan fingerprint density at radius 2 is 1.97 bits per heavy atom. The molecule has 0 spiro atoms. The molecule has 160 valence electrons. The van der Waals surface area contributed by atoms with Gasteiger partial charge in [-0.15, -0.1) is 0 Å². The Morgan fingerprint density at radius 1 is 1.30 bits per heavy atom. The lowest BCUT2D eigenvalue weighted by molar-refractivity contribution is -0.137. The Morgan fingerprint density at radius 3 is 2.57 bits per heavy atom. The number of hydrogen-bond acceptors (Lipinski definition) is 5. The number of carbonyl (C=O) groups excluding carboxylic acids is 2. The molecule has 1 atom stereocenters. The molecule has 30 heavy (non-hydrogen) atoms. The van der Waals surface area contributed by atoms with Crippen LogP contribution >= 0.6 is 11.6 Å². The number of aromatic nitrogens is 3. The number of urea groups is 1. The second-order valence-corrected chi connectivity index (χ2v) is 7.45. The van der Waals surface area contributed by atoms with Gasteiger partial charge in [-0.05, 0) is 18.1 Å². The number of nitrogens with one attached hydrogen (secondary N) is 1. The maximum atomic E-state index is 12.9. The van der Waals surface area contributed by atoms with Gasteiger partial charge >= 0.3 is 12.2 Å². The van der Waals surface area contributed by atoms with Crippen LogP contribution in [-0.4, -0.2) is 50.9 Å². The number of anilines is 2. The van der Waals surface area contributed by atoms with Crippen LogP contribution in [-0.2, 0) is 11.0 Å². The summed E-state index contributed by atoms with van der Waals surface area (Å²) < 4.78 is 38.5. The SMILES string of the molecule is CC(C)[C@H]1CN(c2ncc(Cl)cn2)C(=O)N1CC(=O)Nc1cc(C(F)(F)F)ccn1. The van der Waals surface area contributed by atoms with Crippen LogP contribution in [0.15, 0.2) is 30.7 Å². The fourth-order valence-electron chi connectivity index (χ4n) is 3.04. The highest BCUT2D eigenvalue weighted by atomic mass is 35.5. The van der Waals surface area contributed by atoms with Crippen LogP contribution in [0.25, 0.3) is 0 Å². The minimum atomic E-state index is -4.56. The minimum Gasteiger partial charge on any atom is -0.310 e. The summed E-state index contributed by atoms with van der Waals surface area (Å²) in [5, 5.41) is 2.63. The number of nitrogens with zero attached hydrogens (tertiary/aromatic N) is 5. The Kier molecular flexibility index (Phi) is 6.11. The van der Waals surface area contributed by atoms with E-state index in [4.69, 9.17) is 11.6 Å². The highest BCUT2D eigenvalue weighted by Gasteiger charge is 2.41. The Bertz CT molecular complexity index is 938. The summed E-state index contributed by atoms with van der Waals surface area (Å²) in [6.07, 6.45) is -0.891. The Hall–Kier alpha value is -2.95. The normalized spacial score (nSPS) is 17.0. The van der Waals surface area contributed by atoms with E-state index in [1.807, 2.05) is 13.8 Å². The molecule has 2 aromatic rings. The molecule has 12 heteroatoms. The molecular weight excluding hydrogens is 425 g/mol. The average molecular weight is 443 g/mol. The van der Waals surface area contributed by atoms with Crippen molar-refractivity contribution in [2.75, 3.05) is 23.3 Å². The lowest BCUT2D eigenvalue weighted by Gasteiger charge is -2.25. The van der Waals surface area contributed by atoms with E-state index >= 15 is 0 Å². The number of carbonyl (C=O) groups is 2. The molecule has 8 nitrogen and oxygen atoms in total. The predicted octanol–water partition coefficient (Wildman–Crippen LogP) is 3.45. The molecule has 3 amide bonds. The number of hydrogen-bond donors (Lipinski definition) is 1. The summed E-state index contributed by atoms with van der Waals surface area (Å²) in [5.41, 5.74) is -0.934. The topological polar surface area (TPSA) is 91.3 Å². The molecular formula is C18H18ClF3N6O2. The second-order valence-electron chi connectivity index (χ2n) is 7.01. The first-order valence-electron chi connectivity index (χ1n) is 8.95. The molecule has 1 aliphatic rings. The van der Waals surface area contributed by atoms with Crippen molar-refractivity contribution in [3.63, 3.8) is 0 Å². The number of pyridine rings is 1. The fraction of sp³-hybridized carbons (Fsp3) is 0.389. The van der Waals surface area contributed by atoms with Crippen molar-refractivity contribution in [1.82, 2.24) is 19.9 Å². The van der Waals surface area contributed by atoms with Gasteiger partial charge in [0.25, 0.3) is 0 Å². The van der Waals surface area contributed by atoms with Gasteiger partial charge in [-0.2, -0.15) is 13.2 Å². The zero-order valence-electron chi connectivity index (χ0n) is 16.0. The summed E-state index contributed by atoms with van der Waals surface area (Å²) in [6.45, 7) is 3.68. The van der Waals surface area contributed by atoms with Gasteiger partial charge in [0.05, 0.1) is 35.6 Å². The smallest absolute Gasteiger partial charge is 0.310 e. The third-order valence-electron chi connectivity index (χ3n) is 4.53. The number of alkyl halides is 3. The van der Waals surface area contributed by atoms with E-state index in [0.29, 0.717) is 5.02 Å². The molecule has 3 heterocycles. The fourth-order valence-corrected chi connectivity index (χ4v) is 3.14. The highest BCUT2D eigenvalue weighted by molar-refractivity contribution is 6.30. The van der Waals surface area contributed by atoms with Crippen LogP contribution in [0.2, 0.25) is 5.02 Å². The highest BCUT2D eigenvalue weighted by Crippen LogP contribution is 2.30. The van der Waals surface area contributed by atoms with Crippen molar-refractivity contribution in [1.29, 1.82) is 0 Å². The second kappa shape index (κ2) is 8.42. The van der Waals surface area contributed by atoms with Crippen molar-refractivity contribution < 1.29 is 22.8 Å². The Balaban J connectivity index is 1.74. The molecule has 1 N–H and O–H groups in total. The summed E-state index contributed by atoms with van der Waals surface area (Å²) >= 11 is 5.78. The third kappa shape index (κ3) is 4.78. The van der Waals surface area contributed by atoms with Crippen LogP contribution in [0.3, 0.4) is 0 Å². The van der Waals surface area contributed by atoms with E-state index in [9.17, 15) is 22.8 Å². The molecule has 3 rings (SSSR count). The van der Waals surface area contributed by atoms with Crippen molar-refractivity contribution >= 4 is 35.3 Å². The zero-order valence-corrected chi connectivity index (χ0v) is 16.8. The molecule has 0 aliphatic carbocycles. The molecule has 2 aromatic heterocycles. The van der Waals surface area contributed by atoms with Gasteiger partial charge in [-0.1, -0.05) is 25.4 Å². The largest absolute Gasteiger partial charge is 0.416 e. The first-order valence-corrected chi connectivity index (χ1v) is 9.33. The maximum absolute atomic E-state index is 12.9. The van der Waals surface area contributed by atoms with Crippen LogP contribution in [0.4, 0.5) is 29.7 Å². The van der Waals surface area contributed by atoms with Crippen molar-refractivity contribution in [3.05, 3.63) is 41.3 Å². The number of halogens is 4. The predicted molar refractivity (Wildman–Crippen MR) is 103 cm³/mol. The summed E-state index contributed by atoms with van der Waals surface area (Å²) in [4.78, 5) is 39.8. The molecule has 0 bridgehead atoms. The van der Waals surface area contributed by atoms with E-state index in [1.165, 1.54) is 22.2 Å². The first-order chi connectivity index (χ1) is 14.1. The van der Waals surface area contributed by atoms with Gasteiger partial charge in [0.1, 0.15) is 12.4 Å². The van der Waals surface area contributed by atoms with E-state index in [-0.39, 0.29) is 36.8 Å². The molecule has 0 saturated carbocycles. The standard InChI is InChI=1S/C18H18ClF3N6O2/c1-10(2)13-8-28(16-24-6-12(19)7-25-16)17(30)27(13)9-15(29)26-14-5-11(3-4-23-14)18(20,21)22/h3-7,10,13H,8-9H2,1-2H3,(H,23,26,29)/t13-/m1/s1. The van der Waals surface area contributed by atoms with Crippen LogP contribution in [0, 0.1) is 5.92 Å².